The zero-order chi connectivity index (χ0) is 20.1. The van der Waals surface area contributed by atoms with Crippen LogP contribution in [-0.2, 0) is 6.54 Å². The van der Waals surface area contributed by atoms with Gasteiger partial charge in [-0.3, -0.25) is 4.57 Å². The van der Waals surface area contributed by atoms with Crippen LogP contribution in [0.15, 0.2) is 73.2 Å². The van der Waals surface area contributed by atoms with Crippen molar-refractivity contribution in [3.8, 4) is 22.6 Å². The third-order valence-corrected chi connectivity index (χ3v) is 6.01. The molecule has 3 heteroatoms. The van der Waals surface area contributed by atoms with Gasteiger partial charge in [0, 0.05) is 12.3 Å². The number of hydrogen-bond donors (Lipinski definition) is 0. The summed E-state index contributed by atoms with van der Waals surface area (Å²) in [6, 6.07) is 19.9. The first-order valence-electron chi connectivity index (χ1n) is 10.6. The van der Waals surface area contributed by atoms with Gasteiger partial charge in [-0.2, -0.15) is 0 Å². The summed E-state index contributed by atoms with van der Waals surface area (Å²) in [6.45, 7) is 10.1. The minimum absolute atomic E-state index is 0.433. The van der Waals surface area contributed by atoms with Crippen molar-refractivity contribution in [2.75, 3.05) is 0 Å². The van der Waals surface area contributed by atoms with Crippen LogP contribution >= 0.6 is 0 Å². The molecule has 0 unspecified atom stereocenters. The summed E-state index contributed by atoms with van der Waals surface area (Å²) >= 11 is 0. The van der Waals surface area contributed by atoms with E-state index in [-0.39, 0.29) is 0 Å². The molecule has 1 aliphatic rings. The molecule has 1 aliphatic heterocycles. The fraction of sp³-hybridized carbons (Fsp3) is 0.269. The maximum absolute atomic E-state index is 2.41. The van der Waals surface area contributed by atoms with E-state index in [4.69, 9.17) is 0 Å². The van der Waals surface area contributed by atoms with E-state index in [9.17, 15) is 0 Å². The molecule has 3 nitrogen and oxygen atoms in total. The van der Waals surface area contributed by atoms with Crippen LogP contribution in [0.3, 0.4) is 0 Å². The van der Waals surface area contributed by atoms with E-state index >= 15 is 0 Å². The van der Waals surface area contributed by atoms with E-state index in [0.29, 0.717) is 11.8 Å². The van der Waals surface area contributed by atoms with Gasteiger partial charge in [-0.25, -0.2) is 0 Å². The predicted octanol–water partition coefficient (Wildman–Crippen LogP) is 5.83. The second kappa shape index (κ2) is 6.77. The van der Waals surface area contributed by atoms with Crippen molar-refractivity contribution in [1.82, 2.24) is 9.25 Å². The second-order valence-electron chi connectivity index (χ2n) is 8.65. The first-order chi connectivity index (χ1) is 14.0. The van der Waals surface area contributed by atoms with Crippen molar-refractivity contribution in [3.63, 3.8) is 0 Å². The summed E-state index contributed by atoms with van der Waals surface area (Å²) in [4.78, 5) is 0. The quantitative estimate of drug-likeness (QED) is 0.347. The molecule has 0 amide bonds. The lowest BCUT2D eigenvalue weighted by Gasteiger charge is -2.23. The fourth-order valence-corrected chi connectivity index (χ4v) is 4.53. The van der Waals surface area contributed by atoms with Gasteiger partial charge in [0.2, 0.25) is 6.54 Å². The van der Waals surface area contributed by atoms with E-state index in [1.807, 2.05) is 0 Å². The number of aromatic nitrogens is 3. The molecule has 0 atom stereocenters. The average Bonchev–Trinajstić information content (AvgIpc) is 3.40. The van der Waals surface area contributed by atoms with Crippen LogP contribution in [0, 0.1) is 0 Å². The van der Waals surface area contributed by atoms with Gasteiger partial charge < -0.3 is 0 Å². The molecule has 2 aromatic carbocycles. The van der Waals surface area contributed by atoms with Gasteiger partial charge in [0.15, 0.2) is 12.0 Å². The maximum Gasteiger partial charge on any atom is 0.201 e. The SMILES string of the molecule is CC(C)c1cc(-c2ccccc2)cc(C(C)C)c1-n1ccc2c1-n1ccc[n+]1C2. The normalized spacial score (nSPS) is 12.6. The first kappa shape index (κ1) is 18.0. The Hall–Kier alpha value is -3.07. The molecule has 0 saturated carbocycles. The summed E-state index contributed by atoms with van der Waals surface area (Å²) in [5, 5.41) is 0. The van der Waals surface area contributed by atoms with Crippen LogP contribution in [0.5, 0.6) is 0 Å². The smallest absolute Gasteiger partial charge is 0.201 e. The minimum Gasteiger partial charge on any atom is -0.298 e. The molecule has 5 rings (SSSR count). The van der Waals surface area contributed by atoms with E-state index in [1.165, 1.54) is 39.3 Å². The summed E-state index contributed by atoms with van der Waals surface area (Å²) in [6.07, 6.45) is 6.56. The van der Waals surface area contributed by atoms with Crippen LogP contribution in [0.2, 0.25) is 0 Å². The standard InChI is InChI=1S/C26H28N3/c1-18(2)23-15-22(20-9-6-5-7-10-20)16-24(19(3)4)25(23)28-14-11-21-17-27-12-8-13-29(27)26(21)28/h5-16,18-19H,17H2,1-4H3/q+1. The van der Waals surface area contributed by atoms with Crippen LogP contribution in [0.1, 0.15) is 56.2 Å². The zero-order valence-corrected chi connectivity index (χ0v) is 17.6. The Morgan fingerprint density at radius 3 is 2.14 bits per heavy atom. The lowest BCUT2D eigenvalue weighted by Crippen LogP contribution is -2.36. The van der Waals surface area contributed by atoms with Gasteiger partial charge in [0.1, 0.15) is 0 Å². The Balaban J connectivity index is 1.79. The Labute approximate surface area is 172 Å². The monoisotopic (exact) mass is 382 g/mol. The molecule has 0 spiro atoms. The lowest BCUT2D eigenvalue weighted by molar-refractivity contribution is -0.751. The zero-order valence-electron chi connectivity index (χ0n) is 17.6. The van der Waals surface area contributed by atoms with E-state index in [0.717, 1.165) is 6.54 Å². The molecule has 3 heterocycles. The van der Waals surface area contributed by atoms with Crippen molar-refractivity contribution in [3.05, 3.63) is 89.9 Å². The van der Waals surface area contributed by atoms with Crippen LogP contribution in [0.25, 0.3) is 22.6 Å². The number of rotatable bonds is 4. The third-order valence-electron chi connectivity index (χ3n) is 6.01. The minimum atomic E-state index is 0.433. The first-order valence-corrected chi connectivity index (χ1v) is 10.6. The highest BCUT2D eigenvalue weighted by atomic mass is 15.4. The molecule has 29 heavy (non-hydrogen) atoms. The van der Waals surface area contributed by atoms with Crippen LogP contribution < -0.4 is 4.68 Å². The van der Waals surface area contributed by atoms with Crippen LogP contribution in [0.4, 0.5) is 0 Å². The van der Waals surface area contributed by atoms with Gasteiger partial charge in [-0.15, -0.1) is 9.36 Å². The van der Waals surface area contributed by atoms with Crippen molar-refractivity contribution >= 4 is 0 Å². The molecule has 0 N–H and O–H groups in total. The van der Waals surface area contributed by atoms with Crippen molar-refractivity contribution in [1.29, 1.82) is 0 Å². The van der Waals surface area contributed by atoms with Gasteiger partial charge >= 0.3 is 0 Å². The Bertz CT molecular complexity index is 1150. The molecule has 0 saturated heterocycles. The number of fused-ring (bicyclic) bond motifs is 3. The summed E-state index contributed by atoms with van der Waals surface area (Å²) in [5.41, 5.74) is 8.11. The molecular formula is C26H28N3+. The average molecular weight is 383 g/mol. The molecule has 4 aromatic rings. The number of nitrogens with zero attached hydrogens (tertiary/aromatic N) is 3. The summed E-state index contributed by atoms with van der Waals surface area (Å²) < 4.78 is 6.95. The largest absolute Gasteiger partial charge is 0.298 e. The Kier molecular flexibility index (Phi) is 4.20. The Morgan fingerprint density at radius 2 is 1.48 bits per heavy atom. The fourth-order valence-electron chi connectivity index (χ4n) is 4.53. The molecule has 2 aromatic heterocycles. The van der Waals surface area contributed by atoms with E-state index in [1.54, 1.807) is 0 Å². The van der Waals surface area contributed by atoms with Crippen LogP contribution in [-0.4, -0.2) is 9.25 Å². The highest BCUT2D eigenvalue weighted by Crippen LogP contribution is 2.38. The maximum atomic E-state index is 2.41. The van der Waals surface area contributed by atoms with Gasteiger partial charge in [-0.05, 0) is 52.3 Å². The van der Waals surface area contributed by atoms with Gasteiger partial charge in [0.05, 0.1) is 17.4 Å². The topological polar surface area (TPSA) is 13.7 Å². The highest BCUT2D eigenvalue weighted by molar-refractivity contribution is 5.70. The molecule has 0 fully saturated rings. The van der Waals surface area contributed by atoms with E-state index in [2.05, 4.69) is 115 Å². The molecule has 0 bridgehead atoms. The summed E-state index contributed by atoms with van der Waals surface area (Å²) in [7, 11) is 0. The number of benzene rings is 2. The molecular weight excluding hydrogens is 354 g/mol. The van der Waals surface area contributed by atoms with Crippen molar-refractivity contribution in [2.45, 2.75) is 46.1 Å². The highest BCUT2D eigenvalue weighted by Gasteiger charge is 2.30. The van der Waals surface area contributed by atoms with Gasteiger partial charge in [0.25, 0.3) is 0 Å². The second-order valence-corrected chi connectivity index (χ2v) is 8.65. The van der Waals surface area contributed by atoms with Crippen molar-refractivity contribution < 1.29 is 4.68 Å². The predicted molar refractivity (Wildman–Crippen MR) is 118 cm³/mol. The number of hydrogen-bond acceptors (Lipinski definition) is 0. The van der Waals surface area contributed by atoms with E-state index < -0.39 is 0 Å². The van der Waals surface area contributed by atoms with Crippen molar-refractivity contribution in [2.24, 2.45) is 0 Å². The molecule has 0 radical (unpaired) electrons. The van der Waals surface area contributed by atoms with Gasteiger partial charge in [-0.1, -0.05) is 58.0 Å². The molecule has 0 aliphatic carbocycles. The molecule has 146 valence electrons. The Morgan fingerprint density at radius 1 is 0.793 bits per heavy atom. The third kappa shape index (κ3) is 2.84. The lowest BCUT2D eigenvalue weighted by atomic mass is 9.88. The summed E-state index contributed by atoms with van der Waals surface area (Å²) in [5.74, 6) is 2.14.